The van der Waals surface area contributed by atoms with Crippen LogP contribution < -0.4 is 56.8 Å². The van der Waals surface area contributed by atoms with E-state index >= 15 is 0 Å². The molecule has 1 aromatic carbocycles. The number of aldehydes is 1. The van der Waals surface area contributed by atoms with Crippen LogP contribution in [0.3, 0.4) is 0 Å². The second-order valence-electron chi connectivity index (χ2n) is 6.27. The van der Waals surface area contributed by atoms with E-state index in [0.29, 0.717) is 6.29 Å². The molecule has 3 nitrogen and oxygen atoms in total. The van der Waals surface area contributed by atoms with E-state index in [2.05, 4.69) is 0 Å². The maximum atomic E-state index is 13.3. The topological polar surface area (TPSA) is 43.4 Å². The Morgan fingerprint density at radius 3 is 1.87 bits per heavy atom. The zero-order chi connectivity index (χ0) is 17.5. The van der Waals surface area contributed by atoms with Crippen LogP contribution in [0.1, 0.15) is 58.2 Å². The molecule has 0 amide bonds. The van der Waals surface area contributed by atoms with Gasteiger partial charge in [-0.05, 0) is 47.1 Å². The van der Waals surface area contributed by atoms with Crippen molar-refractivity contribution in [2.24, 2.45) is 0 Å². The van der Waals surface area contributed by atoms with Gasteiger partial charge in [-0.1, -0.05) is 11.1 Å². The van der Waals surface area contributed by atoms with Gasteiger partial charge in [0.25, 0.3) is 0 Å². The predicted molar refractivity (Wildman–Crippen MR) is 79.9 cm³/mol. The summed E-state index contributed by atoms with van der Waals surface area (Å²) in [5.41, 5.74) is -2.16. The van der Waals surface area contributed by atoms with E-state index in [1.807, 2.05) is 0 Å². The van der Waals surface area contributed by atoms with Crippen molar-refractivity contribution in [3.63, 3.8) is 0 Å². The molecule has 0 fully saturated rings. The van der Waals surface area contributed by atoms with Crippen molar-refractivity contribution >= 4 is 24.7 Å². The first-order valence-electron chi connectivity index (χ1n) is 6.83. The Morgan fingerprint density at radius 2 is 1.52 bits per heavy atom. The molecule has 0 aliphatic rings. The van der Waals surface area contributed by atoms with Gasteiger partial charge >= 0.3 is 64.3 Å². The average Bonchev–Trinajstić information content (AvgIpc) is 2.24. The molecule has 0 aliphatic heterocycles. The zero-order valence-corrected chi connectivity index (χ0v) is 17.6. The van der Waals surface area contributed by atoms with E-state index in [-0.39, 0.29) is 79.2 Å². The Bertz CT molecular complexity index is 635. The minimum Gasteiger partial charge on any atom is -0.456 e. The van der Waals surface area contributed by atoms with Crippen LogP contribution in [0.15, 0.2) is 0 Å². The second kappa shape index (κ2) is 7.82. The quantitative estimate of drug-likeness (QED) is 0.450. The summed E-state index contributed by atoms with van der Waals surface area (Å²) in [6.07, 6.45) is 0.350. The zero-order valence-electron chi connectivity index (χ0n) is 14.5. The molecule has 0 spiro atoms. The number of halogens is 3. The van der Waals surface area contributed by atoms with Crippen LogP contribution in [0.25, 0.3) is 0 Å². The number of hydrogen-bond donors (Lipinski definition) is 0. The van der Waals surface area contributed by atoms with Gasteiger partial charge in [0, 0.05) is 5.56 Å². The van der Waals surface area contributed by atoms with Crippen LogP contribution in [-0.4, -0.2) is 24.8 Å². The summed E-state index contributed by atoms with van der Waals surface area (Å²) in [7, 11) is 0. The smallest absolute Gasteiger partial charge is 0.456 e. The van der Waals surface area contributed by atoms with Crippen molar-refractivity contribution in [2.75, 3.05) is 0 Å². The van der Waals surface area contributed by atoms with Crippen LogP contribution in [0.5, 0.6) is 0 Å². The number of esters is 1. The van der Waals surface area contributed by atoms with Gasteiger partial charge < -0.3 is 17.7 Å². The van der Waals surface area contributed by atoms with Gasteiger partial charge in [-0.3, -0.25) is 4.79 Å². The van der Waals surface area contributed by atoms with Gasteiger partial charge in [0.2, 0.25) is 0 Å². The predicted octanol–water partition coefficient (Wildman–Crippen LogP) is 0.438. The van der Waals surface area contributed by atoms with Crippen molar-refractivity contribution in [1.82, 2.24) is 0 Å². The number of benzene rings is 1. The second-order valence-corrected chi connectivity index (χ2v) is 6.27. The molecule has 1 aromatic rings. The molecule has 0 atom stereocenters. The van der Waals surface area contributed by atoms with Gasteiger partial charge in [0.05, 0.1) is 5.56 Å². The average molecular weight is 354 g/mol. The van der Waals surface area contributed by atoms with E-state index in [9.17, 15) is 22.5 Å². The maximum absolute atomic E-state index is 13.3. The van der Waals surface area contributed by atoms with Crippen molar-refractivity contribution in [1.29, 1.82) is 0 Å². The Kier molecular flexibility index (Phi) is 7.77. The maximum Gasteiger partial charge on any atom is 1.00 e. The number of carbonyl (C=O) groups excluding carboxylic acids is 2. The summed E-state index contributed by atoms with van der Waals surface area (Å²) in [5.74, 6) is -0.855. The standard InChI is InChI=1S/C15H19BF3O3.K/c1-8-11(7-20)9(2)13(16(17,18)19)10(3)12(8)14(21)22-15(4,5)6;/h7H,1-6H3;/q-1;+1. The van der Waals surface area contributed by atoms with Gasteiger partial charge in [0.15, 0.2) is 0 Å². The summed E-state index contributed by atoms with van der Waals surface area (Å²) < 4.78 is 45.2. The Morgan fingerprint density at radius 1 is 1.04 bits per heavy atom. The van der Waals surface area contributed by atoms with Crippen LogP contribution >= 0.6 is 0 Å². The third-order valence-corrected chi connectivity index (χ3v) is 3.41. The van der Waals surface area contributed by atoms with Crippen molar-refractivity contribution in [3.8, 4) is 0 Å². The summed E-state index contributed by atoms with van der Waals surface area (Å²) in [6.45, 7) is 3.46. The van der Waals surface area contributed by atoms with Crippen LogP contribution in [0.4, 0.5) is 12.9 Å². The molecule has 0 saturated heterocycles. The van der Waals surface area contributed by atoms with E-state index in [0.717, 1.165) is 0 Å². The first-order valence-corrected chi connectivity index (χ1v) is 6.83. The van der Waals surface area contributed by atoms with Crippen LogP contribution in [0.2, 0.25) is 0 Å². The number of hydrogen-bond acceptors (Lipinski definition) is 3. The first-order chi connectivity index (χ1) is 9.81. The molecule has 0 radical (unpaired) electrons. The van der Waals surface area contributed by atoms with Gasteiger partial charge in [-0.2, -0.15) is 0 Å². The molecule has 0 bridgehead atoms. The number of ether oxygens (including phenoxy) is 1. The van der Waals surface area contributed by atoms with E-state index < -0.39 is 24.0 Å². The van der Waals surface area contributed by atoms with Gasteiger partial charge in [-0.15, -0.1) is 5.46 Å². The number of carbonyl (C=O) groups is 2. The Labute approximate surface area is 176 Å². The fraction of sp³-hybridized carbons (Fsp3) is 0.467. The molecular weight excluding hydrogens is 335 g/mol. The van der Waals surface area contributed by atoms with E-state index in [1.165, 1.54) is 20.8 Å². The van der Waals surface area contributed by atoms with Gasteiger partial charge in [-0.25, -0.2) is 4.79 Å². The molecule has 0 heterocycles. The minimum atomic E-state index is -5.35. The molecule has 0 saturated carbocycles. The third-order valence-electron chi connectivity index (χ3n) is 3.41. The summed E-state index contributed by atoms with van der Waals surface area (Å²) in [5, 5.41) is 0. The molecular formula is C15H19BF3KO3. The molecule has 0 N–H and O–H groups in total. The normalized spacial score (nSPS) is 11.7. The van der Waals surface area contributed by atoms with Crippen LogP contribution in [-0.2, 0) is 4.74 Å². The van der Waals surface area contributed by atoms with Crippen molar-refractivity contribution < 1.29 is 78.7 Å². The van der Waals surface area contributed by atoms with E-state index in [1.54, 1.807) is 20.8 Å². The monoisotopic (exact) mass is 354 g/mol. The molecule has 0 aromatic heterocycles. The van der Waals surface area contributed by atoms with Gasteiger partial charge in [0.1, 0.15) is 11.9 Å². The minimum absolute atomic E-state index is 0. The van der Waals surface area contributed by atoms with Crippen molar-refractivity contribution in [3.05, 3.63) is 27.8 Å². The van der Waals surface area contributed by atoms with E-state index in [4.69, 9.17) is 4.74 Å². The van der Waals surface area contributed by atoms with Crippen molar-refractivity contribution in [2.45, 2.75) is 47.1 Å². The SMILES string of the molecule is Cc1c(C=O)c(C)c([B-](F)(F)F)c(C)c1C(=O)OC(C)(C)C.[K+]. The number of rotatable bonds is 3. The molecule has 122 valence electrons. The summed E-state index contributed by atoms with van der Waals surface area (Å²) in [4.78, 5) is 23.4. The molecule has 1 rings (SSSR count). The largest absolute Gasteiger partial charge is 1.00 e. The molecule has 8 heteroatoms. The summed E-state index contributed by atoms with van der Waals surface area (Å²) >= 11 is 0. The molecule has 0 aliphatic carbocycles. The Balaban J connectivity index is 0.00000484. The molecule has 23 heavy (non-hydrogen) atoms. The fourth-order valence-electron chi connectivity index (χ4n) is 2.56. The third kappa shape index (κ3) is 5.16. The summed E-state index contributed by atoms with van der Waals surface area (Å²) in [6, 6.07) is 0. The van der Waals surface area contributed by atoms with Crippen LogP contribution in [0, 0.1) is 20.8 Å². The molecule has 0 unspecified atom stereocenters. The first kappa shape index (κ1) is 22.9. The Hall–Kier alpha value is -0.149. The fourth-order valence-corrected chi connectivity index (χ4v) is 2.56.